The molecule has 0 saturated heterocycles. The molecule has 2 rings (SSSR count). The summed E-state index contributed by atoms with van der Waals surface area (Å²) in [6, 6.07) is -1.62. The number of hydrogen-bond donors (Lipinski definition) is 4. The Morgan fingerprint density at radius 3 is 2.33 bits per heavy atom. The highest BCUT2D eigenvalue weighted by atomic mass is 32.2. The minimum Gasteiger partial charge on any atom is -0.487 e. The third-order valence-corrected chi connectivity index (χ3v) is 8.25. The number of aliphatic imine (C=N–C) groups is 1. The van der Waals surface area contributed by atoms with Crippen molar-refractivity contribution < 1.29 is 23.1 Å². The molecule has 10 heteroatoms. The number of rotatable bonds is 7. The zero-order valence-corrected chi connectivity index (χ0v) is 19.0. The number of hydrogen-bond acceptors (Lipinski definition) is 6. The maximum atomic E-state index is 13.7. The van der Waals surface area contributed by atoms with Gasteiger partial charge >= 0.3 is 5.97 Å². The first-order chi connectivity index (χ1) is 13.7. The van der Waals surface area contributed by atoms with E-state index < -0.39 is 27.1 Å². The second kappa shape index (κ2) is 8.43. The Hall–Kier alpha value is -2.33. The Kier molecular flexibility index (Phi) is 6.72. The van der Waals surface area contributed by atoms with Crippen LogP contribution in [0.25, 0.3) is 0 Å². The maximum Gasteiger partial charge on any atom is 0.321 e. The first-order valence-corrected chi connectivity index (χ1v) is 11.3. The van der Waals surface area contributed by atoms with Gasteiger partial charge in [-0.05, 0) is 76.1 Å². The van der Waals surface area contributed by atoms with E-state index in [9.17, 15) is 18.3 Å². The van der Waals surface area contributed by atoms with E-state index in [1.807, 2.05) is 20.8 Å². The lowest BCUT2D eigenvalue weighted by molar-refractivity contribution is -0.138. The summed E-state index contributed by atoms with van der Waals surface area (Å²) < 4.78 is 33.5. The van der Waals surface area contributed by atoms with E-state index >= 15 is 0 Å². The summed E-state index contributed by atoms with van der Waals surface area (Å²) in [5, 5.41) is 8.04. The summed E-state index contributed by atoms with van der Waals surface area (Å²) in [5.41, 5.74) is 18.8. The van der Waals surface area contributed by atoms with E-state index in [0.717, 1.165) is 17.5 Å². The molecule has 1 aliphatic rings. The Balaban J connectivity index is 2.65. The molecular formula is C20H32N4O5S. The quantitative estimate of drug-likeness (QED) is 0.358. The Morgan fingerprint density at radius 1 is 1.20 bits per heavy atom. The molecule has 7 N–H and O–H groups in total. The number of fused-ring (bicyclic) bond motifs is 1. The van der Waals surface area contributed by atoms with Gasteiger partial charge in [0.25, 0.3) is 0 Å². The van der Waals surface area contributed by atoms with Crippen LogP contribution in [0.4, 0.5) is 0 Å². The maximum absolute atomic E-state index is 13.7. The minimum atomic E-state index is -4.10. The number of carboxylic acids is 1. The van der Waals surface area contributed by atoms with Gasteiger partial charge in [0, 0.05) is 6.54 Å². The fraction of sp³-hybridized carbons (Fsp3) is 0.600. The molecule has 0 fully saturated rings. The molecule has 0 radical (unpaired) electrons. The van der Waals surface area contributed by atoms with E-state index in [1.54, 1.807) is 13.8 Å². The average Bonchev–Trinajstić information content (AvgIpc) is 2.61. The third-order valence-electron chi connectivity index (χ3n) is 5.74. The van der Waals surface area contributed by atoms with Crippen LogP contribution in [0.2, 0.25) is 0 Å². The number of nitrogens with zero attached hydrogens (tertiary/aromatic N) is 1. The molecule has 2 atom stereocenters. The van der Waals surface area contributed by atoms with Gasteiger partial charge < -0.3 is 27.0 Å². The van der Waals surface area contributed by atoms with Crippen LogP contribution in [0.3, 0.4) is 0 Å². The molecule has 1 heterocycles. The van der Waals surface area contributed by atoms with Gasteiger partial charge in [-0.2, -0.15) is 0 Å². The van der Waals surface area contributed by atoms with Crippen molar-refractivity contribution in [2.75, 3.05) is 6.54 Å². The van der Waals surface area contributed by atoms with Crippen LogP contribution in [0.15, 0.2) is 9.89 Å². The lowest BCUT2D eigenvalue weighted by atomic mass is 9.88. The van der Waals surface area contributed by atoms with Crippen LogP contribution in [0.1, 0.15) is 48.9 Å². The molecule has 0 aromatic heterocycles. The van der Waals surface area contributed by atoms with Crippen LogP contribution in [0, 0.1) is 20.8 Å². The van der Waals surface area contributed by atoms with E-state index in [-0.39, 0.29) is 29.4 Å². The number of carbonyl (C=O) groups is 1. The van der Waals surface area contributed by atoms with E-state index in [4.69, 9.17) is 21.9 Å². The average molecular weight is 441 g/mol. The van der Waals surface area contributed by atoms with Crippen molar-refractivity contribution in [2.24, 2.45) is 22.2 Å². The van der Waals surface area contributed by atoms with Crippen LogP contribution in [-0.4, -0.2) is 48.9 Å². The number of aliphatic carboxylic acids is 1. The highest BCUT2D eigenvalue weighted by Crippen LogP contribution is 2.43. The van der Waals surface area contributed by atoms with Gasteiger partial charge in [0.05, 0.1) is 10.1 Å². The summed E-state index contributed by atoms with van der Waals surface area (Å²) in [6.07, 6.45) is 1.29. The van der Waals surface area contributed by atoms with Gasteiger partial charge in [0.1, 0.15) is 17.4 Å². The lowest BCUT2D eigenvalue weighted by Gasteiger charge is -2.36. The van der Waals surface area contributed by atoms with Crippen LogP contribution >= 0.6 is 0 Å². The number of guanidine groups is 1. The van der Waals surface area contributed by atoms with Gasteiger partial charge in [-0.15, -0.1) is 0 Å². The largest absolute Gasteiger partial charge is 0.487 e. The molecule has 0 saturated carbocycles. The highest BCUT2D eigenvalue weighted by Gasteiger charge is 2.40. The predicted molar refractivity (Wildman–Crippen MR) is 116 cm³/mol. The number of sulfone groups is 1. The number of nitrogens with two attached hydrogens (primary N) is 3. The fourth-order valence-corrected chi connectivity index (χ4v) is 6.28. The topological polar surface area (TPSA) is 171 Å². The van der Waals surface area contributed by atoms with Gasteiger partial charge in [-0.3, -0.25) is 9.79 Å². The molecule has 1 aromatic carbocycles. The molecule has 168 valence electrons. The summed E-state index contributed by atoms with van der Waals surface area (Å²) in [6.45, 7) is 9.21. The first kappa shape index (κ1) is 23.9. The second-order valence-corrected chi connectivity index (χ2v) is 10.5. The van der Waals surface area contributed by atoms with Crippen molar-refractivity contribution in [2.45, 2.75) is 75.7 Å². The molecule has 0 bridgehead atoms. The molecule has 1 aliphatic heterocycles. The first-order valence-electron chi connectivity index (χ1n) is 9.80. The van der Waals surface area contributed by atoms with Crippen molar-refractivity contribution >= 4 is 21.8 Å². The van der Waals surface area contributed by atoms with Crippen molar-refractivity contribution in [3.05, 3.63) is 22.3 Å². The second-order valence-electron chi connectivity index (χ2n) is 8.42. The molecule has 0 spiro atoms. The zero-order chi connectivity index (χ0) is 23.0. The van der Waals surface area contributed by atoms with E-state index in [2.05, 4.69) is 4.99 Å². The van der Waals surface area contributed by atoms with E-state index in [0.29, 0.717) is 23.3 Å². The van der Waals surface area contributed by atoms with Crippen molar-refractivity contribution in [3.8, 4) is 5.75 Å². The third kappa shape index (κ3) is 4.54. The highest BCUT2D eigenvalue weighted by molar-refractivity contribution is 7.92. The lowest BCUT2D eigenvalue weighted by Crippen LogP contribution is -2.47. The summed E-state index contributed by atoms with van der Waals surface area (Å²) in [5.74, 6) is -0.894. The van der Waals surface area contributed by atoms with Gasteiger partial charge in [-0.1, -0.05) is 0 Å². The van der Waals surface area contributed by atoms with Crippen molar-refractivity contribution in [3.63, 3.8) is 0 Å². The predicted octanol–water partition coefficient (Wildman–Crippen LogP) is 0.933. The molecule has 30 heavy (non-hydrogen) atoms. The SMILES string of the molecule is Cc1c(C)c(S(=O)(=O)C(CCN=C(N)N)[C@H](N)C(=O)O)c(C)c2c1OC(C)(C)CC2. The Morgan fingerprint density at radius 2 is 1.80 bits per heavy atom. The smallest absolute Gasteiger partial charge is 0.321 e. The molecular weight excluding hydrogens is 408 g/mol. The molecule has 1 unspecified atom stereocenters. The minimum absolute atomic E-state index is 0.0491. The summed E-state index contributed by atoms with van der Waals surface area (Å²) in [4.78, 5) is 15.5. The van der Waals surface area contributed by atoms with Crippen molar-refractivity contribution in [1.29, 1.82) is 0 Å². The van der Waals surface area contributed by atoms with Gasteiger partial charge in [0.2, 0.25) is 0 Å². The monoisotopic (exact) mass is 440 g/mol. The Labute approximate surface area is 177 Å². The molecule has 1 aromatic rings. The number of ether oxygens (including phenoxy) is 1. The zero-order valence-electron chi connectivity index (χ0n) is 18.2. The van der Waals surface area contributed by atoms with E-state index in [1.165, 1.54) is 0 Å². The van der Waals surface area contributed by atoms with Gasteiger partial charge in [-0.25, -0.2) is 8.42 Å². The van der Waals surface area contributed by atoms with Crippen LogP contribution in [-0.2, 0) is 21.1 Å². The molecule has 9 nitrogen and oxygen atoms in total. The normalized spacial score (nSPS) is 17.4. The van der Waals surface area contributed by atoms with Crippen molar-refractivity contribution in [1.82, 2.24) is 0 Å². The summed E-state index contributed by atoms with van der Waals surface area (Å²) in [7, 11) is -4.10. The number of benzene rings is 1. The number of carboxylic acid groups (broad SMARTS) is 1. The summed E-state index contributed by atoms with van der Waals surface area (Å²) >= 11 is 0. The molecule has 0 aliphatic carbocycles. The fourth-order valence-electron chi connectivity index (χ4n) is 3.93. The molecule has 0 amide bonds. The standard InChI is InChI=1S/C20H32N4O5S/c1-10-11(2)17(12(3)13-6-8-20(4,5)29-16(10)13)30(27,28)14(15(21)18(25)26)7-9-24-19(22)23/h14-15H,6-9,21H2,1-5H3,(H,25,26)(H4,22,23,24)/t14?,15-/m0/s1. The van der Waals surface area contributed by atoms with Crippen LogP contribution in [0.5, 0.6) is 5.75 Å². The van der Waals surface area contributed by atoms with Crippen LogP contribution < -0.4 is 21.9 Å². The Bertz CT molecular complexity index is 982. The van der Waals surface area contributed by atoms with Gasteiger partial charge in [0.15, 0.2) is 15.8 Å².